The lowest BCUT2D eigenvalue weighted by molar-refractivity contribution is -0.142. The summed E-state index contributed by atoms with van der Waals surface area (Å²) in [5.41, 5.74) is 2.68. The number of carbonyl (C=O) groups excluding carboxylic acids is 2. The van der Waals surface area contributed by atoms with Gasteiger partial charge in [-0.05, 0) is 29.7 Å². The van der Waals surface area contributed by atoms with Crippen LogP contribution in [0.25, 0.3) is 0 Å². The van der Waals surface area contributed by atoms with Crippen LogP contribution in [0.1, 0.15) is 66.9 Å². The van der Waals surface area contributed by atoms with Crippen LogP contribution in [0.2, 0.25) is 0 Å². The lowest BCUT2D eigenvalue weighted by atomic mass is 10.0. The zero-order chi connectivity index (χ0) is 22.2. The summed E-state index contributed by atoms with van der Waals surface area (Å²) < 4.78 is 0. The molecule has 0 saturated carbocycles. The maximum absolute atomic E-state index is 13.0. The normalized spacial score (nSPS) is 13.7. The van der Waals surface area contributed by atoms with E-state index in [1.807, 2.05) is 30.3 Å². The van der Waals surface area contributed by atoms with Crippen molar-refractivity contribution in [1.29, 1.82) is 0 Å². The molecule has 0 aromatic heterocycles. The summed E-state index contributed by atoms with van der Waals surface area (Å²) in [5.74, 6) is -1.40. The molecule has 0 fully saturated rings. The van der Waals surface area contributed by atoms with Crippen molar-refractivity contribution in [3.63, 3.8) is 0 Å². The second-order valence-electron chi connectivity index (χ2n) is 8.06. The van der Waals surface area contributed by atoms with E-state index >= 15 is 0 Å². The van der Waals surface area contributed by atoms with Crippen LogP contribution >= 0.6 is 0 Å². The van der Waals surface area contributed by atoms with Crippen LogP contribution in [-0.2, 0) is 22.6 Å². The molecule has 1 aliphatic rings. The van der Waals surface area contributed by atoms with Gasteiger partial charge in [0.15, 0.2) is 0 Å². The molecule has 0 saturated heterocycles. The third kappa shape index (κ3) is 5.94. The average molecular weight is 423 g/mol. The third-order valence-electron chi connectivity index (χ3n) is 5.67. The number of carbonyl (C=O) groups is 3. The molecule has 0 aliphatic carbocycles. The van der Waals surface area contributed by atoms with Crippen LogP contribution in [0.15, 0.2) is 48.5 Å². The number of nitrogens with zero attached hydrogens (tertiary/aromatic N) is 1. The van der Waals surface area contributed by atoms with E-state index < -0.39 is 12.0 Å². The van der Waals surface area contributed by atoms with Crippen molar-refractivity contribution in [2.75, 3.05) is 5.32 Å². The molecule has 6 heteroatoms. The fourth-order valence-corrected chi connectivity index (χ4v) is 3.93. The van der Waals surface area contributed by atoms with E-state index in [0.29, 0.717) is 17.7 Å². The Balaban J connectivity index is 1.64. The molecule has 0 radical (unpaired) electrons. The first-order valence-electron chi connectivity index (χ1n) is 11.0. The average Bonchev–Trinajstić information content (AvgIpc) is 3.08. The van der Waals surface area contributed by atoms with Crippen molar-refractivity contribution in [3.8, 4) is 0 Å². The highest BCUT2D eigenvalue weighted by atomic mass is 16.4. The van der Waals surface area contributed by atoms with Gasteiger partial charge in [-0.1, -0.05) is 69.0 Å². The first-order valence-corrected chi connectivity index (χ1v) is 11.0. The number of carboxylic acid groups (broad SMARTS) is 1. The lowest BCUT2D eigenvalue weighted by Gasteiger charge is -2.24. The Morgan fingerprint density at radius 3 is 2.52 bits per heavy atom. The number of nitrogens with one attached hydrogen (secondary N) is 1. The van der Waals surface area contributed by atoms with Gasteiger partial charge in [-0.15, -0.1) is 0 Å². The quantitative estimate of drug-likeness (QED) is 0.517. The van der Waals surface area contributed by atoms with Crippen LogP contribution < -0.4 is 5.32 Å². The largest absolute Gasteiger partial charge is 0.480 e. The van der Waals surface area contributed by atoms with E-state index in [1.165, 1.54) is 17.7 Å². The number of fused-ring (bicyclic) bond motifs is 1. The predicted octanol–water partition coefficient (Wildman–Crippen LogP) is 4.64. The molecule has 3 rings (SSSR count). The number of rotatable bonds is 11. The van der Waals surface area contributed by atoms with Crippen LogP contribution in [-0.4, -0.2) is 33.8 Å². The first-order chi connectivity index (χ1) is 15.0. The van der Waals surface area contributed by atoms with Gasteiger partial charge in [0.1, 0.15) is 6.04 Å². The second-order valence-corrected chi connectivity index (χ2v) is 8.06. The molecule has 164 valence electrons. The van der Waals surface area contributed by atoms with Crippen molar-refractivity contribution >= 4 is 23.5 Å². The lowest BCUT2D eigenvalue weighted by Crippen LogP contribution is -2.42. The van der Waals surface area contributed by atoms with Gasteiger partial charge < -0.3 is 15.3 Å². The topological polar surface area (TPSA) is 86.7 Å². The zero-order valence-electron chi connectivity index (χ0n) is 18.0. The molecule has 2 amide bonds. The molecular weight excluding hydrogens is 392 g/mol. The number of anilines is 1. The van der Waals surface area contributed by atoms with E-state index in [0.717, 1.165) is 30.4 Å². The minimum absolute atomic E-state index is 0.0637. The molecule has 2 N–H and O–H groups in total. The molecule has 0 bridgehead atoms. The molecular formula is C25H30N2O4. The van der Waals surface area contributed by atoms with Crippen molar-refractivity contribution in [3.05, 3.63) is 65.2 Å². The number of hydrogen-bond acceptors (Lipinski definition) is 3. The Kier molecular flexibility index (Phi) is 7.82. The first kappa shape index (κ1) is 22.5. The van der Waals surface area contributed by atoms with Crippen LogP contribution in [0.5, 0.6) is 0 Å². The maximum Gasteiger partial charge on any atom is 0.326 e. The monoisotopic (exact) mass is 422 g/mol. The van der Waals surface area contributed by atoms with Gasteiger partial charge in [-0.3, -0.25) is 9.59 Å². The Morgan fingerprint density at radius 1 is 1.06 bits per heavy atom. The molecule has 6 nitrogen and oxygen atoms in total. The van der Waals surface area contributed by atoms with E-state index in [4.69, 9.17) is 0 Å². The highest BCUT2D eigenvalue weighted by Gasteiger charge is 2.36. The highest BCUT2D eigenvalue weighted by Crippen LogP contribution is 2.28. The number of hydrogen-bond donors (Lipinski definition) is 2. The Hall–Kier alpha value is -3.15. The van der Waals surface area contributed by atoms with Crippen molar-refractivity contribution < 1.29 is 19.5 Å². The zero-order valence-corrected chi connectivity index (χ0v) is 18.0. The molecule has 2 aromatic carbocycles. The van der Waals surface area contributed by atoms with Gasteiger partial charge in [0.2, 0.25) is 5.91 Å². The molecule has 1 atom stereocenters. The SMILES string of the molecule is CCCCCCCC(=O)Nc1ccc2c(c1)C(=O)N(C(Cc1ccccc1)C(=O)O)C2. The van der Waals surface area contributed by atoms with Gasteiger partial charge in [-0.2, -0.15) is 0 Å². The number of amides is 2. The summed E-state index contributed by atoms with van der Waals surface area (Å²) in [6.07, 6.45) is 6.09. The van der Waals surface area contributed by atoms with Crippen molar-refractivity contribution in [2.45, 2.75) is 64.5 Å². The summed E-state index contributed by atoms with van der Waals surface area (Å²) in [7, 11) is 0. The number of carboxylic acids is 1. The van der Waals surface area contributed by atoms with Gasteiger partial charge in [0.05, 0.1) is 0 Å². The van der Waals surface area contributed by atoms with Gasteiger partial charge in [-0.25, -0.2) is 4.79 Å². The Labute approximate surface area is 183 Å². The van der Waals surface area contributed by atoms with Gasteiger partial charge in [0.25, 0.3) is 5.91 Å². The van der Waals surface area contributed by atoms with Crippen LogP contribution in [0.4, 0.5) is 5.69 Å². The van der Waals surface area contributed by atoms with E-state index in [1.54, 1.807) is 18.2 Å². The molecule has 2 aromatic rings. The number of aliphatic carboxylic acids is 1. The molecule has 31 heavy (non-hydrogen) atoms. The molecule has 1 heterocycles. The second kappa shape index (κ2) is 10.8. The van der Waals surface area contributed by atoms with E-state index in [2.05, 4.69) is 12.2 Å². The predicted molar refractivity (Wildman–Crippen MR) is 120 cm³/mol. The smallest absolute Gasteiger partial charge is 0.326 e. The summed E-state index contributed by atoms with van der Waals surface area (Å²) in [4.78, 5) is 38.5. The van der Waals surface area contributed by atoms with Gasteiger partial charge >= 0.3 is 5.97 Å². The van der Waals surface area contributed by atoms with Crippen LogP contribution in [0.3, 0.4) is 0 Å². The maximum atomic E-state index is 13.0. The number of unbranched alkanes of at least 4 members (excludes halogenated alkanes) is 4. The fourth-order valence-electron chi connectivity index (χ4n) is 3.93. The molecule has 1 aliphatic heterocycles. The summed E-state index contributed by atoms with van der Waals surface area (Å²) in [6.45, 7) is 2.41. The fraction of sp³-hybridized carbons (Fsp3) is 0.400. The number of benzene rings is 2. The summed E-state index contributed by atoms with van der Waals surface area (Å²) in [6, 6.07) is 13.6. The van der Waals surface area contributed by atoms with Crippen LogP contribution in [0, 0.1) is 0 Å². The highest BCUT2D eigenvalue weighted by molar-refractivity contribution is 6.02. The van der Waals surface area contributed by atoms with Crippen molar-refractivity contribution in [1.82, 2.24) is 4.90 Å². The third-order valence-corrected chi connectivity index (χ3v) is 5.67. The minimum atomic E-state index is -1.03. The summed E-state index contributed by atoms with van der Waals surface area (Å²) >= 11 is 0. The van der Waals surface area contributed by atoms with E-state index in [-0.39, 0.29) is 24.8 Å². The molecule has 1 unspecified atom stereocenters. The van der Waals surface area contributed by atoms with Crippen molar-refractivity contribution in [2.24, 2.45) is 0 Å². The van der Waals surface area contributed by atoms with E-state index in [9.17, 15) is 19.5 Å². The standard InChI is InChI=1S/C25H30N2O4/c1-2-3-4-5-9-12-23(28)26-20-14-13-19-17-27(24(29)21(19)16-20)22(25(30)31)15-18-10-7-6-8-11-18/h6-8,10-11,13-14,16,22H,2-5,9,12,15,17H2,1H3,(H,26,28)(H,30,31). The summed E-state index contributed by atoms with van der Waals surface area (Å²) in [5, 5.41) is 12.6. The Bertz CT molecular complexity index is 926. The van der Waals surface area contributed by atoms with Gasteiger partial charge in [0, 0.05) is 30.6 Å². The Morgan fingerprint density at radius 2 is 1.81 bits per heavy atom. The molecule has 0 spiro atoms. The minimum Gasteiger partial charge on any atom is -0.480 e.